The van der Waals surface area contributed by atoms with Crippen molar-refractivity contribution in [3.8, 4) is 11.5 Å². The number of benzene rings is 3. The maximum atomic E-state index is 13.6. The molecule has 214 valence electrons. The molecule has 3 aromatic carbocycles. The molecule has 0 aromatic heterocycles. The van der Waals surface area contributed by atoms with Crippen LogP contribution in [0.5, 0.6) is 11.5 Å². The van der Waals surface area contributed by atoms with Crippen LogP contribution in [-0.4, -0.2) is 57.1 Å². The Morgan fingerprint density at radius 2 is 1.45 bits per heavy atom. The van der Waals surface area contributed by atoms with E-state index < -0.39 is 28.5 Å². The monoisotopic (exact) mass is 567 g/mol. The predicted octanol–water partition coefficient (Wildman–Crippen LogP) is 3.98. The lowest BCUT2D eigenvalue weighted by molar-refractivity contribution is -0.139. The highest BCUT2D eigenvalue weighted by Gasteiger charge is 2.30. The quantitative estimate of drug-likeness (QED) is 0.335. The molecule has 0 bridgehead atoms. The SMILES string of the molecule is COc1ccc(CN(C(=O)CN(c2ccc(OCc3ccccc3)cc2)S(C)(=O)=O)[C@@H](C)C(=O)NC(C)C)cc1. The van der Waals surface area contributed by atoms with Gasteiger partial charge >= 0.3 is 0 Å². The minimum atomic E-state index is -3.83. The summed E-state index contributed by atoms with van der Waals surface area (Å²) in [7, 11) is -2.27. The van der Waals surface area contributed by atoms with E-state index in [0.29, 0.717) is 23.8 Å². The summed E-state index contributed by atoms with van der Waals surface area (Å²) in [5.74, 6) is 0.374. The van der Waals surface area contributed by atoms with Crippen LogP contribution in [0.15, 0.2) is 78.9 Å². The summed E-state index contributed by atoms with van der Waals surface area (Å²) in [5, 5.41) is 2.83. The number of amides is 2. The molecule has 0 spiro atoms. The number of hydrogen-bond acceptors (Lipinski definition) is 6. The van der Waals surface area contributed by atoms with Crippen molar-refractivity contribution in [1.82, 2.24) is 10.2 Å². The van der Waals surface area contributed by atoms with Gasteiger partial charge in [-0.3, -0.25) is 13.9 Å². The van der Waals surface area contributed by atoms with Crippen molar-refractivity contribution in [2.24, 2.45) is 0 Å². The molecule has 0 aliphatic carbocycles. The van der Waals surface area contributed by atoms with E-state index in [1.807, 2.05) is 44.2 Å². The van der Waals surface area contributed by atoms with Gasteiger partial charge in [0.15, 0.2) is 0 Å². The first kappa shape index (κ1) is 30.5. The van der Waals surface area contributed by atoms with Crippen LogP contribution in [-0.2, 0) is 32.8 Å². The molecule has 0 radical (unpaired) electrons. The molecule has 3 aromatic rings. The number of methoxy groups -OCH3 is 1. The van der Waals surface area contributed by atoms with E-state index in [9.17, 15) is 18.0 Å². The molecule has 9 nitrogen and oxygen atoms in total. The fourth-order valence-corrected chi connectivity index (χ4v) is 4.83. The second-order valence-electron chi connectivity index (χ2n) is 9.75. The van der Waals surface area contributed by atoms with Gasteiger partial charge in [-0.2, -0.15) is 0 Å². The standard InChI is InChI=1S/C30H37N3O6S/c1-22(2)31-30(35)23(3)32(19-24-11-15-27(38-4)16-12-24)29(34)20-33(40(5,36)37)26-13-17-28(18-14-26)39-21-25-9-7-6-8-10-25/h6-18,22-23H,19-21H2,1-5H3,(H,31,35)/t23-/m0/s1. The summed E-state index contributed by atoms with van der Waals surface area (Å²) in [6, 6.07) is 22.4. The largest absolute Gasteiger partial charge is 0.497 e. The molecule has 0 saturated heterocycles. The van der Waals surface area contributed by atoms with Crippen LogP contribution in [0.4, 0.5) is 5.69 Å². The van der Waals surface area contributed by atoms with Crippen molar-refractivity contribution < 1.29 is 27.5 Å². The lowest BCUT2D eigenvalue weighted by Gasteiger charge is -2.32. The fourth-order valence-electron chi connectivity index (χ4n) is 3.98. The third-order valence-electron chi connectivity index (χ3n) is 6.16. The number of hydrogen-bond donors (Lipinski definition) is 1. The number of carbonyl (C=O) groups is 2. The Morgan fingerprint density at radius 1 is 0.850 bits per heavy atom. The van der Waals surface area contributed by atoms with Gasteiger partial charge in [-0.05, 0) is 68.3 Å². The van der Waals surface area contributed by atoms with Crippen LogP contribution < -0.4 is 19.1 Å². The zero-order valence-corrected chi connectivity index (χ0v) is 24.4. The van der Waals surface area contributed by atoms with E-state index in [1.165, 1.54) is 4.90 Å². The summed E-state index contributed by atoms with van der Waals surface area (Å²) < 4.78 is 37.6. The second kappa shape index (κ2) is 13.8. The lowest BCUT2D eigenvalue weighted by atomic mass is 10.1. The van der Waals surface area contributed by atoms with Crippen molar-refractivity contribution in [2.45, 2.75) is 46.0 Å². The summed E-state index contributed by atoms with van der Waals surface area (Å²) in [6.07, 6.45) is 1.04. The molecule has 0 fully saturated rings. The average molecular weight is 568 g/mol. The minimum absolute atomic E-state index is 0.110. The highest BCUT2D eigenvalue weighted by Crippen LogP contribution is 2.23. The number of anilines is 1. The predicted molar refractivity (Wildman–Crippen MR) is 156 cm³/mol. The minimum Gasteiger partial charge on any atom is -0.497 e. The molecular formula is C30H37N3O6S. The van der Waals surface area contributed by atoms with Gasteiger partial charge in [0.2, 0.25) is 21.8 Å². The molecule has 2 amide bonds. The van der Waals surface area contributed by atoms with Gasteiger partial charge in [0.25, 0.3) is 0 Å². The van der Waals surface area contributed by atoms with E-state index in [4.69, 9.17) is 9.47 Å². The summed E-state index contributed by atoms with van der Waals surface area (Å²) in [5.41, 5.74) is 2.08. The van der Waals surface area contributed by atoms with Crippen LogP contribution in [0.2, 0.25) is 0 Å². The van der Waals surface area contributed by atoms with Crippen molar-refractivity contribution in [3.63, 3.8) is 0 Å². The number of nitrogens with zero attached hydrogens (tertiary/aromatic N) is 2. The molecule has 0 aliphatic rings. The summed E-state index contributed by atoms with van der Waals surface area (Å²) >= 11 is 0. The number of carbonyl (C=O) groups excluding carboxylic acids is 2. The van der Waals surface area contributed by atoms with Crippen molar-refractivity contribution >= 4 is 27.5 Å². The van der Waals surface area contributed by atoms with E-state index >= 15 is 0 Å². The van der Waals surface area contributed by atoms with Gasteiger partial charge in [0.1, 0.15) is 30.7 Å². The number of ether oxygens (including phenoxy) is 2. The smallest absolute Gasteiger partial charge is 0.244 e. The lowest BCUT2D eigenvalue weighted by Crippen LogP contribution is -2.52. The Kier molecular flexibility index (Phi) is 10.6. The molecule has 10 heteroatoms. The van der Waals surface area contributed by atoms with Crippen LogP contribution in [0.3, 0.4) is 0 Å². The third kappa shape index (κ3) is 8.74. The van der Waals surface area contributed by atoms with Gasteiger partial charge in [-0.25, -0.2) is 8.42 Å². The first-order chi connectivity index (χ1) is 19.0. The van der Waals surface area contributed by atoms with Crippen molar-refractivity contribution in [1.29, 1.82) is 0 Å². The van der Waals surface area contributed by atoms with Gasteiger partial charge in [0.05, 0.1) is 19.1 Å². The fraction of sp³-hybridized carbons (Fsp3) is 0.333. The van der Waals surface area contributed by atoms with Crippen molar-refractivity contribution in [2.75, 3.05) is 24.2 Å². The van der Waals surface area contributed by atoms with Crippen molar-refractivity contribution in [3.05, 3.63) is 90.0 Å². The molecular weight excluding hydrogens is 530 g/mol. The van der Waals surface area contributed by atoms with E-state index in [1.54, 1.807) is 62.6 Å². The zero-order chi connectivity index (χ0) is 29.3. The van der Waals surface area contributed by atoms with Gasteiger partial charge < -0.3 is 19.7 Å². The molecule has 0 unspecified atom stereocenters. The molecule has 0 aliphatic heterocycles. The first-order valence-electron chi connectivity index (χ1n) is 12.9. The number of nitrogens with one attached hydrogen (secondary N) is 1. The van der Waals surface area contributed by atoms with Crippen LogP contribution in [0, 0.1) is 0 Å². The van der Waals surface area contributed by atoms with Crippen LogP contribution in [0.25, 0.3) is 0 Å². The summed E-state index contributed by atoms with van der Waals surface area (Å²) in [4.78, 5) is 27.9. The van der Waals surface area contributed by atoms with Crippen LogP contribution in [0.1, 0.15) is 31.9 Å². The van der Waals surface area contributed by atoms with Crippen LogP contribution >= 0.6 is 0 Å². The van der Waals surface area contributed by atoms with E-state index in [2.05, 4.69) is 5.32 Å². The number of rotatable bonds is 13. The molecule has 40 heavy (non-hydrogen) atoms. The normalized spacial score (nSPS) is 11.9. The topological polar surface area (TPSA) is 105 Å². The maximum Gasteiger partial charge on any atom is 0.244 e. The maximum absolute atomic E-state index is 13.6. The van der Waals surface area contributed by atoms with Gasteiger partial charge in [-0.1, -0.05) is 42.5 Å². The highest BCUT2D eigenvalue weighted by atomic mass is 32.2. The number of sulfonamides is 1. The summed E-state index contributed by atoms with van der Waals surface area (Å²) in [6.45, 7) is 5.30. The molecule has 3 rings (SSSR count). The highest BCUT2D eigenvalue weighted by molar-refractivity contribution is 7.92. The average Bonchev–Trinajstić information content (AvgIpc) is 2.93. The van der Waals surface area contributed by atoms with E-state index in [0.717, 1.165) is 21.7 Å². The third-order valence-corrected chi connectivity index (χ3v) is 7.30. The second-order valence-corrected chi connectivity index (χ2v) is 11.7. The molecule has 1 N–H and O–H groups in total. The molecule has 0 saturated carbocycles. The Morgan fingerprint density at radius 3 is 2.00 bits per heavy atom. The Balaban J connectivity index is 1.82. The van der Waals surface area contributed by atoms with Gasteiger partial charge in [-0.15, -0.1) is 0 Å². The van der Waals surface area contributed by atoms with Gasteiger partial charge in [0, 0.05) is 12.6 Å². The Hall–Kier alpha value is -4.05. The van der Waals surface area contributed by atoms with E-state index in [-0.39, 0.29) is 18.5 Å². The Labute approximate surface area is 236 Å². The zero-order valence-electron chi connectivity index (χ0n) is 23.5. The Bertz CT molecular complexity index is 1360. The molecule has 1 atom stereocenters. The molecule has 0 heterocycles. The first-order valence-corrected chi connectivity index (χ1v) is 14.8.